The van der Waals surface area contributed by atoms with Gasteiger partial charge in [-0.3, -0.25) is 0 Å². The predicted octanol–water partition coefficient (Wildman–Crippen LogP) is 3.49. The third-order valence-corrected chi connectivity index (χ3v) is 3.14. The summed E-state index contributed by atoms with van der Waals surface area (Å²) in [6, 6.07) is 11.0. The first kappa shape index (κ1) is 13.8. The Labute approximate surface area is 115 Å². The molecule has 1 aromatic carbocycles. The molecule has 2 aromatic rings. The molecule has 1 aromatic heterocycles. The summed E-state index contributed by atoms with van der Waals surface area (Å²) in [4.78, 5) is 0. The molecule has 0 aliphatic heterocycles. The first-order chi connectivity index (χ1) is 9.08. The van der Waals surface area contributed by atoms with Gasteiger partial charge in [0.1, 0.15) is 0 Å². The highest BCUT2D eigenvalue weighted by Gasteiger charge is 2.08. The zero-order valence-corrected chi connectivity index (χ0v) is 12.2. The lowest BCUT2D eigenvalue weighted by atomic mass is 10.1. The quantitative estimate of drug-likeness (QED) is 0.888. The Morgan fingerprint density at radius 1 is 1.11 bits per heavy atom. The van der Waals surface area contributed by atoms with Crippen LogP contribution in [0.5, 0.6) is 0 Å². The van der Waals surface area contributed by atoms with Crippen LogP contribution in [0.3, 0.4) is 0 Å². The highest BCUT2D eigenvalue weighted by atomic mass is 15.3. The van der Waals surface area contributed by atoms with E-state index in [0.29, 0.717) is 12.0 Å². The van der Waals surface area contributed by atoms with E-state index in [1.165, 1.54) is 5.56 Å². The highest BCUT2D eigenvalue weighted by Crippen LogP contribution is 2.17. The van der Waals surface area contributed by atoms with Gasteiger partial charge in [-0.2, -0.15) is 5.10 Å². The summed E-state index contributed by atoms with van der Waals surface area (Å²) in [5.74, 6) is 0.460. The van der Waals surface area contributed by atoms with Crippen molar-refractivity contribution >= 4 is 0 Å². The molecule has 0 unspecified atom stereocenters. The number of para-hydroxylation sites is 1. The second-order valence-electron chi connectivity index (χ2n) is 5.50. The van der Waals surface area contributed by atoms with Crippen LogP contribution in [0.4, 0.5) is 0 Å². The molecule has 0 spiro atoms. The van der Waals surface area contributed by atoms with Gasteiger partial charge < -0.3 is 5.32 Å². The molecular weight excluding hydrogens is 234 g/mol. The normalized spacial score (nSPS) is 11.5. The van der Waals surface area contributed by atoms with Crippen molar-refractivity contribution in [3.8, 4) is 5.69 Å². The topological polar surface area (TPSA) is 29.9 Å². The summed E-state index contributed by atoms with van der Waals surface area (Å²) >= 11 is 0. The minimum atomic E-state index is 0.460. The summed E-state index contributed by atoms with van der Waals surface area (Å²) in [6.07, 6.45) is 2.05. The van der Waals surface area contributed by atoms with E-state index < -0.39 is 0 Å². The monoisotopic (exact) mass is 257 g/mol. The van der Waals surface area contributed by atoms with Crippen LogP contribution in [0.2, 0.25) is 0 Å². The number of hydrogen-bond acceptors (Lipinski definition) is 2. The van der Waals surface area contributed by atoms with Gasteiger partial charge >= 0.3 is 0 Å². The van der Waals surface area contributed by atoms with Crippen molar-refractivity contribution < 1.29 is 0 Å². The fraction of sp³-hybridized carbons (Fsp3) is 0.438. The molecule has 19 heavy (non-hydrogen) atoms. The number of nitrogens with zero attached hydrogens (tertiary/aromatic N) is 2. The number of aromatic nitrogens is 2. The average Bonchev–Trinajstić information content (AvgIpc) is 2.86. The molecule has 0 aliphatic carbocycles. The van der Waals surface area contributed by atoms with E-state index in [0.717, 1.165) is 17.9 Å². The lowest BCUT2D eigenvalue weighted by Gasteiger charge is -2.12. The molecule has 3 nitrogen and oxygen atoms in total. The minimum absolute atomic E-state index is 0.460. The van der Waals surface area contributed by atoms with Crippen LogP contribution < -0.4 is 5.32 Å². The van der Waals surface area contributed by atoms with Crippen LogP contribution in [-0.2, 0) is 6.54 Å². The molecule has 0 aliphatic rings. The molecule has 0 saturated carbocycles. The molecule has 1 heterocycles. The van der Waals surface area contributed by atoms with Gasteiger partial charge in [-0.15, -0.1) is 0 Å². The van der Waals surface area contributed by atoms with Crippen LogP contribution in [0.15, 0.2) is 36.5 Å². The minimum Gasteiger partial charge on any atom is -0.310 e. The molecule has 2 rings (SSSR count). The van der Waals surface area contributed by atoms with Crippen molar-refractivity contribution in [3.05, 3.63) is 47.8 Å². The van der Waals surface area contributed by atoms with Crippen molar-refractivity contribution in [2.24, 2.45) is 0 Å². The predicted molar refractivity (Wildman–Crippen MR) is 79.6 cm³/mol. The Bertz CT molecular complexity index is 526. The summed E-state index contributed by atoms with van der Waals surface area (Å²) in [6.45, 7) is 9.52. The summed E-state index contributed by atoms with van der Waals surface area (Å²) in [5.41, 5.74) is 3.56. The van der Waals surface area contributed by atoms with E-state index in [2.05, 4.69) is 68.4 Å². The number of benzene rings is 1. The van der Waals surface area contributed by atoms with Gasteiger partial charge in [0.25, 0.3) is 0 Å². The maximum atomic E-state index is 4.66. The van der Waals surface area contributed by atoms with Gasteiger partial charge in [-0.25, -0.2) is 4.68 Å². The SMILES string of the molecule is CC(C)NCc1ccccc1-n1ccc(C(C)C)n1. The van der Waals surface area contributed by atoms with Gasteiger partial charge in [0.05, 0.1) is 11.4 Å². The van der Waals surface area contributed by atoms with E-state index in [1.54, 1.807) is 0 Å². The summed E-state index contributed by atoms with van der Waals surface area (Å²) < 4.78 is 1.98. The largest absolute Gasteiger partial charge is 0.310 e. The highest BCUT2D eigenvalue weighted by molar-refractivity contribution is 5.40. The van der Waals surface area contributed by atoms with E-state index in [4.69, 9.17) is 0 Å². The molecule has 0 radical (unpaired) electrons. The molecule has 0 amide bonds. The van der Waals surface area contributed by atoms with Crippen molar-refractivity contribution in [3.63, 3.8) is 0 Å². The van der Waals surface area contributed by atoms with Crippen LogP contribution in [0, 0.1) is 0 Å². The molecule has 0 saturated heterocycles. The zero-order chi connectivity index (χ0) is 13.8. The van der Waals surface area contributed by atoms with Crippen LogP contribution in [-0.4, -0.2) is 15.8 Å². The Hall–Kier alpha value is -1.61. The number of hydrogen-bond donors (Lipinski definition) is 1. The van der Waals surface area contributed by atoms with Crippen LogP contribution in [0.25, 0.3) is 5.69 Å². The van der Waals surface area contributed by atoms with Gasteiger partial charge in [0.15, 0.2) is 0 Å². The summed E-state index contributed by atoms with van der Waals surface area (Å²) in [5, 5.41) is 8.12. The molecule has 102 valence electrons. The van der Waals surface area contributed by atoms with Crippen LogP contribution >= 0.6 is 0 Å². The fourth-order valence-corrected chi connectivity index (χ4v) is 1.98. The van der Waals surface area contributed by atoms with Gasteiger partial charge in [0.2, 0.25) is 0 Å². The Kier molecular flexibility index (Phi) is 4.38. The number of rotatable bonds is 5. The fourth-order valence-electron chi connectivity index (χ4n) is 1.98. The Balaban J connectivity index is 2.27. The maximum absolute atomic E-state index is 4.66. The average molecular weight is 257 g/mol. The summed E-state index contributed by atoms with van der Waals surface area (Å²) in [7, 11) is 0. The second-order valence-corrected chi connectivity index (χ2v) is 5.50. The molecule has 0 atom stereocenters. The molecule has 3 heteroatoms. The third kappa shape index (κ3) is 3.44. The van der Waals surface area contributed by atoms with Crippen molar-refractivity contribution in [1.82, 2.24) is 15.1 Å². The molecule has 0 bridgehead atoms. The lowest BCUT2D eigenvalue weighted by Crippen LogP contribution is -2.22. The smallest absolute Gasteiger partial charge is 0.0690 e. The van der Waals surface area contributed by atoms with Crippen molar-refractivity contribution in [2.75, 3.05) is 0 Å². The Morgan fingerprint density at radius 3 is 2.47 bits per heavy atom. The van der Waals surface area contributed by atoms with Gasteiger partial charge in [0, 0.05) is 18.8 Å². The first-order valence-electron chi connectivity index (χ1n) is 6.95. The van der Waals surface area contributed by atoms with E-state index in [9.17, 15) is 0 Å². The number of nitrogens with one attached hydrogen (secondary N) is 1. The zero-order valence-electron chi connectivity index (χ0n) is 12.2. The van der Waals surface area contributed by atoms with Crippen LogP contribution in [0.1, 0.15) is 44.9 Å². The Morgan fingerprint density at radius 2 is 1.84 bits per heavy atom. The van der Waals surface area contributed by atoms with Gasteiger partial charge in [-0.05, 0) is 23.6 Å². The maximum Gasteiger partial charge on any atom is 0.0690 e. The van der Waals surface area contributed by atoms with E-state index >= 15 is 0 Å². The second kappa shape index (κ2) is 6.02. The van der Waals surface area contributed by atoms with E-state index in [1.807, 2.05) is 10.9 Å². The van der Waals surface area contributed by atoms with E-state index in [-0.39, 0.29) is 0 Å². The first-order valence-corrected chi connectivity index (χ1v) is 6.95. The van der Waals surface area contributed by atoms with Crippen molar-refractivity contribution in [2.45, 2.75) is 46.2 Å². The van der Waals surface area contributed by atoms with Crippen molar-refractivity contribution in [1.29, 1.82) is 0 Å². The lowest BCUT2D eigenvalue weighted by molar-refractivity contribution is 0.586. The molecule has 0 fully saturated rings. The standard InChI is InChI=1S/C16H23N3/c1-12(2)15-9-10-19(18-15)16-8-6-5-7-14(16)11-17-13(3)4/h5-10,12-13,17H,11H2,1-4H3. The third-order valence-electron chi connectivity index (χ3n) is 3.14. The molecule has 1 N–H and O–H groups in total. The molecular formula is C16H23N3. The van der Waals surface area contributed by atoms with Gasteiger partial charge in [-0.1, -0.05) is 45.9 Å².